The molecule has 0 saturated heterocycles. The smallest absolute Gasteiger partial charge is 0.0834 e. The molecule has 4 atom stereocenters. The van der Waals surface area contributed by atoms with Gasteiger partial charge in [0.1, 0.15) is 0 Å². The average Bonchev–Trinajstić information content (AvgIpc) is 3.07. The lowest BCUT2D eigenvalue weighted by atomic mass is 9.82. The van der Waals surface area contributed by atoms with Crippen molar-refractivity contribution in [3.63, 3.8) is 0 Å². The minimum atomic E-state index is 0.148. The lowest BCUT2D eigenvalue weighted by Crippen LogP contribution is -2.37. The van der Waals surface area contributed by atoms with E-state index in [2.05, 4.69) is 17.4 Å². The molecule has 2 aliphatic carbocycles. The van der Waals surface area contributed by atoms with E-state index in [1.165, 1.54) is 25.7 Å². The van der Waals surface area contributed by atoms with Crippen molar-refractivity contribution in [2.75, 3.05) is 0 Å². The van der Waals surface area contributed by atoms with E-state index in [1.807, 2.05) is 4.68 Å². The number of aromatic nitrogens is 2. The van der Waals surface area contributed by atoms with Gasteiger partial charge in [-0.15, -0.1) is 0 Å². The first-order valence-corrected chi connectivity index (χ1v) is 7.29. The number of nitrogens with two attached hydrogens (primary N) is 1. The molecule has 3 rings (SSSR count). The standard InChI is InChI=1S/C13H21ClN4/c1-2-18-13(11(14)7-16-18)12(17-15)10-6-8-3-4-9(10)5-8/h7-10,12,17H,2-6,15H2,1H3. The molecule has 4 unspecified atom stereocenters. The number of nitrogens with one attached hydrogen (secondary N) is 1. The van der Waals surface area contributed by atoms with Gasteiger partial charge < -0.3 is 0 Å². The molecule has 100 valence electrons. The summed E-state index contributed by atoms with van der Waals surface area (Å²) in [7, 11) is 0. The van der Waals surface area contributed by atoms with E-state index >= 15 is 0 Å². The highest BCUT2D eigenvalue weighted by molar-refractivity contribution is 6.31. The van der Waals surface area contributed by atoms with Crippen LogP contribution in [0.1, 0.15) is 44.3 Å². The molecule has 2 aliphatic rings. The van der Waals surface area contributed by atoms with Gasteiger partial charge in [-0.25, -0.2) is 0 Å². The van der Waals surface area contributed by atoms with E-state index in [0.29, 0.717) is 5.92 Å². The number of aryl methyl sites for hydroxylation is 1. The summed E-state index contributed by atoms with van der Waals surface area (Å²) in [5.41, 5.74) is 4.07. The highest BCUT2D eigenvalue weighted by Crippen LogP contribution is 2.52. The van der Waals surface area contributed by atoms with Gasteiger partial charge in [-0.3, -0.25) is 16.0 Å². The maximum atomic E-state index is 6.30. The van der Waals surface area contributed by atoms with Crippen LogP contribution in [0.4, 0.5) is 0 Å². The topological polar surface area (TPSA) is 55.9 Å². The summed E-state index contributed by atoms with van der Waals surface area (Å²) in [6, 6.07) is 0.148. The summed E-state index contributed by atoms with van der Waals surface area (Å²) in [6.45, 7) is 2.92. The largest absolute Gasteiger partial charge is 0.271 e. The number of halogens is 1. The van der Waals surface area contributed by atoms with Gasteiger partial charge in [-0.2, -0.15) is 5.10 Å². The van der Waals surface area contributed by atoms with E-state index in [0.717, 1.165) is 29.1 Å². The molecule has 0 aromatic carbocycles. The summed E-state index contributed by atoms with van der Waals surface area (Å²) in [5.74, 6) is 8.16. The predicted octanol–water partition coefficient (Wildman–Crippen LogP) is 2.50. The molecule has 1 aromatic rings. The Morgan fingerprint density at radius 1 is 1.56 bits per heavy atom. The van der Waals surface area contributed by atoms with Crippen LogP contribution in [0.25, 0.3) is 0 Å². The molecule has 0 aliphatic heterocycles. The third kappa shape index (κ3) is 1.87. The first-order valence-electron chi connectivity index (χ1n) is 6.91. The number of hydrogen-bond donors (Lipinski definition) is 2. The Morgan fingerprint density at radius 2 is 2.39 bits per heavy atom. The third-order valence-electron chi connectivity index (χ3n) is 4.83. The van der Waals surface area contributed by atoms with Gasteiger partial charge in [0.2, 0.25) is 0 Å². The lowest BCUT2D eigenvalue weighted by molar-refractivity contribution is 0.243. The molecule has 1 heterocycles. The zero-order valence-electron chi connectivity index (χ0n) is 10.8. The second kappa shape index (κ2) is 4.83. The van der Waals surface area contributed by atoms with Crippen LogP contribution >= 0.6 is 11.6 Å². The van der Waals surface area contributed by atoms with E-state index in [-0.39, 0.29) is 6.04 Å². The van der Waals surface area contributed by atoms with Crippen LogP contribution in [0.3, 0.4) is 0 Å². The highest BCUT2D eigenvalue weighted by atomic mass is 35.5. The zero-order chi connectivity index (χ0) is 12.7. The monoisotopic (exact) mass is 268 g/mol. The fourth-order valence-electron chi connectivity index (χ4n) is 4.04. The second-order valence-electron chi connectivity index (χ2n) is 5.68. The van der Waals surface area contributed by atoms with Crippen molar-refractivity contribution >= 4 is 11.6 Å². The van der Waals surface area contributed by atoms with Crippen LogP contribution in [-0.2, 0) is 6.54 Å². The van der Waals surface area contributed by atoms with Crippen LogP contribution < -0.4 is 11.3 Å². The van der Waals surface area contributed by atoms with Crippen molar-refractivity contribution in [1.29, 1.82) is 0 Å². The highest BCUT2D eigenvalue weighted by Gasteiger charge is 2.44. The number of hydrogen-bond acceptors (Lipinski definition) is 3. The van der Waals surface area contributed by atoms with Crippen molar-refractivity contribution in [2.45, 2.75) is 45.2 Å². The Bertz CT molecular complexity index is 431. The molecule has 3 N–H and O–H groups in total. The van der Waals surface area contributed by atoms with Gasteiger partial charge in [0.05, 0.1) is 23.0 Å². The Balaban J connectivity index is 1.90. The molecular formula is C13H21ClN4. The van der Waals surface area contributed by atoms with Crippen molar-refractivity contribution in [3.8, 4) is 0 Å². The van der Waals surface area contributed by atoms with Crippen LogP contribution in [0, 0.1) is 17.8 Å². The maximum absolute atomic E-state index is 6.30. The minimum absolute atomic E-state index is 0.148. The van der Waals surface area contributed by atoms with Gasteiger partial charge in [0, 0.05) is 6.54 Å². The quantitative estimate of drug-likeness (QED) is 0.652. The Labute approximate surface area is 113 Å². The third-order valence-corrected chi connectivity index (χ3v) is 5.12. The van der Waals surface area contributed by atoms with Crippen LogP contribution in [0.2, 0.25) is 5.02 Å². The van der Waals surface area contributed by atoms with Crippen LogP contribution in [-0.4, -0.2) is 9.78 Å². The van der Waals surface area contributed by atoms with E-state index in [9.17, 15) is 0 Å². The van der Waals surface area contributed by atoms with Crippen LogP contribution in [0.5, 0.6) is 0 Å². The van der Waals surface area contributed by atoms with E-state index in [1.54, 1.807) is 6.20 Å². The van der Waals surface area contributed by atoms with Gasteiger partial charge in [0.15, 0.2) is 0 Å². The molecular weight excluding hydrogens is 248 g/mol. The zero-order valence-corrected chi connectivity index (χ0v) is 11.5. The molecule has 0 spiro atoms. The molecule has 1 aromatic heterocycles. The molecule has 4 nitrogen and oxygen atoms in total. The first kappa shape index (κ1) is 12.5. The molecule has 0 amide bonds. The average molecular weight is 269 g/mol. The molecule has 2 bridgehead atoms. The van der Waals surface area contributed by atoms with Crippen molar-refractivity contribution in [2.24, 2.45) is 23.6 Å². The van der Waals surface area contributed by atoms with Crippen molar-refractivity contribution in [3.05, 3.63) is 16.9 Å². The number of nitrogens with zero attached hydrogens (tertiary/aromatic N) is 2. The molecule has 0 radical (unpaired) electrons. The van der Waals surface area contributed by atoms with Gasteiger partial charge in [0.25, 0.3) is 0 Å². The Hall–Kier alpha value is -0.580. The number of hydrazine groups is 1. The molecule has 2 saturated carbocycles. The fraction of sp³-hybridized carbons (Fsp3) is 0.769. The van der Waals surface area contributed by atoms with E-state index in [4.69, 9.17) is 17.4 Å². The van der Waals surface area contributed by atoms with Gasteiger partial charge in [-0.1, -0.05) is 18.0 Å². The molecule has 18 heavy (non-hydrogen) atoms. The number of fused-ring (bicyclic) bond motifs is 2. The van der Waals surface area contributed by atoms with Crippen LogP contribution in [0.15, 0.2) is 6.20 Å². The summed E-state index contributed by atoms with van der Waals surface area (Å²) < 4.78 is 1.97. The summed E-state index contributed by atoms with van der Waals surface area (Å²) in [5, 5.41) is 5.06. The van der Waals surface area contributed by atoms with Crippen molar-refractivity contribution in [1.82, 2.24) is 15.2 Å². The molecule has 5 heteroatoms. The first-order chi connectivity index (χ1) is 8.74. The molecule has 2 fully saturated rings. The maximum Gasteiger partial charge on any atom is 0.0834 e. The Kier molecular flexibility index (Phi) is 3.34. The van der Waals surface area contributed by atoms with E-state index < -0.39 is 0 Å². The summed E-state index contributed by atoms with van der Waals surface area (Å²) in [6.07, 6.45) is 7.15. The predicted molar refractivity (Wildman–Crippen MR) is 71.9 cm³/mol. The van der Waals surface area contributed by atoms with Crippen molar-refractivity contribution < 1.29 is 0 Å². The number of rotatable bonds is 4. The second-order valence-corrected chi connectivity index (χ2v) is 6.08. The minimum Gasteiger partial charge on any atom is -0.271 e. The Morgan fingerprint density at radius 3 is 2.94 bits per heavy atom. The summed E-state index contributed by atoms with van der Waals surface area (Å²) >= 11 is 6.30. The summed E-state index contributed by atoms with van der Waals surface area (Å²) in [4.78, 5) is 0. The fourth-order valence-corrected chi connectivity index (χ4v) is 4.30. The SMILES string of the molecule is CCn1ncc(Cl)c1C(NN)C1CC2CCC1C2. The van der Waals surface area contributed by atoms with Gasteiger partial charge in [-0.05, 0) is 43.9 Å². The lowest BCUT2D eigenvalue weighted by Gasteiger charge is -2.30. The van der Waals surface area contributed by atoms with Gasteiger partial charge >= 0.3 is 0 Å². The normalized spacial score (nSPS) is 32.1.